The van der Waals surface area contributed by atoms with E-state index in [1.165, 1.54) is 12.0 Å². The Morgan fingerprint density at radius 3 is 2.49 bits per heavy atom. The fourth-order valence-corrected chi connectivity index (χ4v) is 4.64. The number of Topliss-reactive ketones (excluding diaryl/α,β-unsaturated/α-hetero) is 1. The van der Waals surface area contributed by atoms with E-state index >= 15 is 0 Å². The summed E-state index contributed by atoms with van der Waals surface area (Å²) in [4.78, 5) is 28.3. The molecule has 1 aliphatic heterocycles. The standard InChI is InChI=1S/C28H26ClNO5/c1-5-35-18-11-12-21(29)20(15-18)26(31)24-25(19-8-6-7-9-23(19)34-4)30(28(33)27(24)32)22-13-10-16(2)14-17(22)3/h6-15,25,31H,5H2,1-4H3/b26-24+. The average Bonchev–Trinajstić information content (AvgIpc) is 3.10. The zero-order valence-corrected chi connectivity index (χ0v) is 20.7. The van der Waals surface area contributed by atoms with Gasteiger partial charge in [0.15, 0.2) is 0 Å². The van der Waals surface area contributed by atoms with Crippen molar-refractivity contribution in [3.8, 4) is 11.5 Å². The molecule has 0 radical (unpaired) electrons. The van der Waals surface area contributed by atoms with Gasteiger partial charge in [-0.1, -0.05) is 47.5 Å². The van der Waals surface area contributed by atoms with E-state index in [1.54, 1.807) is 48.5 Å². The van der Waals surface area contributed by atoms with Crippen LogP contribution in [-0.2, 0) is 9.59 Å². The lowest BCUT2D eigenvalue weighted by Gasteiger charge is -2.28. The topological polar surface area (TPSA) is 76.1 Å². The van der Waals surface area contributed by atoms with Gasteiger partial charge >= 0.3 is 0 Å². The summed E-state index contributed by atoms with van der Waals surface area (Å²) >= 11 is 6.42. The summed E-state index contributed by atoms with van der Waals surface area (Å²) in [5.41, 5.74) is 3.11. The van der Waals surface area contributed by atoms with Crippen LogP contribution in [0.15, 0.2) is 66.2 Å². The highest BCUT2D eigenvalue weighted by Gasteiger charge is 2.48. The van der Waals surface area contributed by atoms with E-state index in [4.69, 9.17) is 21.1 Å². The zero-order valence-electron chi connectivity index (χ0n) is 20.0. The maximum atomic E-state index is 13.5. The van der Waals surface area contributed by atoms with E-state index in [9.17, 15) is 14.7 Å². The van der Waals surface area contributed by atoms with Crippen molar-refractivity contribution < 1.29 is 24.2 Å². The number of aliphatic hydroxyl groups is 1. The number of amides is 1. The number of carbonyl (C=O) groups is 2. The van der Waals surface area contributed by atoms with Gasteiger partial charge in [0.2, 0.25) is 0 Å². The molecule has 3 aromatic rings. The summed E-state index contributed by atoms with van der Waals surface area (Å²) in [6, 6.07) is 16.6. The van der Waals surface area contributed by atoms with Gasteiger partial charge in [-0.3, -0.25) is 14.5 Å². The number of halogens is 1. The number of hydrogen-bond acceptors (Lipinski definition) is 5. The minimum absolute atomic E-state index is 0.0741. The second-order valence-corrected chi connectivity index (χ2v) is 8.68. The Kier molecular flexibility index (Phi) is 6.85. The Balaban J connectivity index is 2.01. The van der Waals surface area contributed by atoms with Crippen molar-refractivity contribution in [3.63, 3.8) is 0 Å². The number of para-hydroxylation sites is 1. The number of aryl methyl sites for hydroxylation is 2. The smallest absolute Gasteiger partial charge is 0.300 e. The summed E-state index contributed by atoms with van der Waals surface area (Å²) < 4.78 is 11.1. The third-order valence-electron chi connectivity index (χ3n) is 5.99. The number of hydrogen-bond donors (Lipinski definition) is 1. The van der Waals surface area contributed by atoms with Crippen LogP contribution in [0.25, 0.3) is 5.76 Å². The Bertz CT molecular complexity index is 1350. The maximum Gasteiger partial charge on any atom is 0.300 e. The van der Waals surface area contributed by atoms with Crippen molar-refractivity contribution in [1.82, 2.24) is 0 Å². The molecule has 0 saturated carbocycles. The van der Waals surface area contributed by atoms with Crippen LogP contribution in [0.5, 0.6) is 11.5 Å². The van der Waals surface area contributed by atoms with Gasteiger partial charge in [0, 0.05) is 16.8 Å². The van der Waals surface area contributed by atoms with Crippen molar-refractivity contribution in [3.05, 3.63) is 93.5 Å². The molecule has 1 amide bonds. The zero-order chi connectivity index (χ0) is 25.3. The maximum absolute atomic E-state index is 13.5. The lowest BCUT2D eigenvalue weighted by atomic mass is 9.94. The van der Waals surface area contributed by atoms with Crippen molar-refractivity contribution in [2.24, 2.45) is 0 Å². The number of nitrogens with zero attached hydrogens (tertiary/aromatic N) is 1. The van der Waals surface area contributed by atoms with E-state index in [-0.39, 0.29) is 21.9 Å². The molecule has 1 heterocycles. The van der Waals surface area contributed by atoms with Crippen LogP contribution in [0.2, 0.25) is 5.02 Å². The highest BCUT2D eigenvalue weighted by Crippen LogP contribution is 2.46. The van der Waals surface area contributed by atoms with Crippen LogP contribution in [0, 0.1) is 13.8 Å². The highest BCUT2D eigenvalue weighted by atomic mass is 35.5. The lowest BCUT2D eigenvalue weighted by Crippen LogP contribution is -2.30. The first-order chi connectivity index (χ1) is 16.8. The van der Waals surface area contributed by atoms with E-state index in [0.29, 0.717) is 29.4 Å². The van der Waals surface area contributed by atoms with Gasteiger partial charge in [-0.25, -0.2) is 0 Å². The lowest BCUT2D eigenvalue weighted by molar-refractivity contribution is -0.132. The van der Waals surface area contributed by atoms with E-state index < -0.39 is 17.7 Å². The first kappa shape index (κ1) is 24.4. The molecule has 1 saturated heterocycles. The van der Waals surface area contributed by atoms with Gasteiger partial charge in [0.25, 0.3) is 11.7 Å². The molecule has 0 aliphatic carbocycles. The van der Waals surface area contributed by atoms with E-state index in [0.717, 1.165) is 11.1 Å². The fraction of sp³-hybridized carbons (Fsp3) is 0.214. The summed E-state index contributed by atoms with van der Waals surface area (Å²) in [7, 11) is 1.52. The number of aliphatic hydroxyl groups excluding tert-OH is 1. The van der Waals surface area contributed by atoms with Crippen LogP contribution in [0.3, 0.4) is 0 Å². The second kappa shape index (κ2) is 9.84. The summed E-state index contributed by atoms with van der Waals surface area (Å²) in [6.45, 7) is 6.09. The summed E-state index contributed by atoms with van der Waals surface area (Å²) in [5.74, 6) is -0.967. The van der Waals surface area contributed by atoms with Crippen molar-refractivity contribution in [2.45, 2.75) is 26.8 Å². The number of rotatable bonds is 6. The number of carbonyl (C=O) groups excluding carboxylic acids is 2. The largest absolute Gasteiger partial charge is 0.507 e. The molecule has 0 aromatic heterocycles. The first-order valence-corrected chi connectivity index (χ1v) is 11.6. The average molecular weight is 492 g/mol. The molecular weight excluding hydrogens is 466 g/mol. The van der Waals surface area contributed by atoms with Crippen molar-refractivity contribution >= 4 is 34.7 Å². The van der Waals surface area contributed by atoms with Crippen molar-refractivity contribution in [2.75, 3.05) is 18.6 Å². The van der Waals surface area contributed by atoms with Gasteiger partial charge in [0.05, 0.1) is 30.4 Å². The molecule has 1 unspecified atom stereocenters. The molecular formula is C28H26ClNO5. The molecule has 0 bridgehead atoms. The molecule has 7 heteroatoms. The molecule has 1 atom stereocenters. The monoisotopic (exact) mass is 491 g/mol. The van der Waals surface area contributed by atoms with Gasteiger partial charge < -0.3 is 14.6 Å². The minimum atomic E-state index is -0.931. The number of anilines is 1. The normalized spacial score (nSPS) is 17.1. The number of benzene rings is 3. The summed E-state index contributed by atoms with van der Waals surface area (Å²) in [6.07, 6.45) is 0. The van der Waals surface area contributed by atoms with Crippen LogP contribution < -0.4 is 14.4 Å². The third kappa shape index (κ3) is 4.37. The van der Waals surface area contributed by atoms with Gasteiger partial charge in [-0.15, -0.1) is 0 Å². The van der Waals surface area contributed by atoms with Crippen molar-refractivity contribution in [1.29, 1.82) is 0 Å². The molecule has 1 N–H and O–H groups in total. The molecule has 35 heavy (non-hydrogen) atoms. The SMILES string of the molecule is CCOc1ccc(Cl)c(/C(O)=C2\C(=O)C(=O)N(c3ccc(C)cc3C)C2c2ccccc2OC)c1. The fourth-order valence-electron chi connectivity index (χ4n) is 4.43. The van der Waals surface area contributed by atoms with Gasteiger partial charge in [0.1, 0.15) is 17.3 Å². The Morgan fingerprint density at radius 2 is 1.80 bits per heavy atom. The van der Waals surface area contributed by atoms with Crippen LogP contribution in [0.1, 0.15) is 35.2 Å². The van der Waals surface area contributed by atoms with Gasteiger partial charge in [-0.2, -0.15) is 0 Å². The van der Waals surface area contributed by atoms with Crippen LogP contribution in [0.4, 0.5) is 5.69 Å². The molecule has 4 rings (SSSR count). The van der Waals surface area contributed by atoms with E-state index in [1.807, 2.05) is 32.9 Å². The molecule has 6 nitrogen and oxygen atoms in total. The number of ether oxygens (including phenoxy) is 2. The number of methoxy groups -OCH3 is 1. The van der Waals surface area contributed by atoms with Gasteiger partial charge in [-0.05, 0) is 56.7 Å². The Morgan fingerprint density at radius 1 is 1.06 bits per heavy atom. The molecule has 1 fully saturated rings. The molecule has 180 valence electrons. The quantitative estimate of drug-likeness (QED) is 0.260. The predicted octanol–water partition coefficient (Wildman–Crippen LogP) is 5.99. The molecule has 1 aliphatic rings. The molecule has 0 spiro atoms. The van der Waals surface area contributed by atoms with Crippen LogP contribution in [-0.4, -0.2) is 30.5 Å². The van der Waals surface area contributed by atoms with Crippen LogP contribution >= 0.6 is 11.6 Å². The number of ketones is 1. The highest BCUT2D eigenvalue weighted by molar-refractivity contribution is 6.52. The summed E-state index contributed by atoms with van der Waals surface area (Å²) in [5, 5.41) is 11.7. The Labute approximate surface area is 209 Å². The molecule has 3 aromatic carbocycles. The second-order valence-electron chi connectivity index (χ2n) is 8.28. The Hall–Kier alpha value is -3.77. The predicted molar refractivity (Wildman–Crippen MR) is 136 cm³/mol. The first-order valence-electron chi connectivity index (χ1n) is 11.2. The van der Waals surface area contributed by atoms with E-state index in [2.05, 4.69) is 0 Å². The minimum Gasteiger partial charge on any atom is -0.507 e. The third-order valence-corrected chi connectivity index (χ3v) is 6.32.